The highest BCUT2D eigenvalue weighted by atomic mass is 35.5. The highest BCUT2D eigenvalue weighted by molar-refractivity contribution is 7.89. The molecule has 0 unspecified atom stereocenters. The van der Waals surface area contributed by atoms with Crippen LogP contribution in [0.15, 0.2) is 47.4 Å². The number of piperidine rings is 1. The van der Waals surface area contributed by atoms with E-state index in [0.29, 0.717) is 29.4 Å². The van der Waals surface area contributed by atoms with Crippen LogP contribution in [0, 0.1) is 5.92 Å². The van der Waals surface area contributed by atoms with E-state index in [2.05, 4.69) is 5.32 Å². The second-order valence-corrected chi connectivity index (χ2v) is 10.1. The van der Waals surface area contributed by atoms with E-state index in [4.69, 9.17) is 27.9 Å². The number of sulfonamides is 1. The van der Waals surface area contributed by atoms with Gasteiger partial charge in [-0.05, 0) is 55.7 Å². The molecule has 3 rings (SSSR count). The molecule has 0 aliphatic carbocycles. The highest BCUT2D eigenvalue weighted by Gasteiger charge is 2.35. The topological polar surface area (TPSA) is 75.7 Å². The van der Waals surface area contributed by atoms with Crippen LogP contribution < -0.4 is 10.1 Å². The van der Waals surface area contributed by atoms with Crippen molar-refractivity contribution in [3.63, 3.8) is 0 Å². The molecule has 1 aliphatic heterocycles. The van der Waals surface area contributed by atoms with Crippen LogP contribution in [0.5, 0.6) is 5.75 Å². The van der Waals surface area contributed by atoms with Crippen LogP contribution in [0.25, 0.3) is 0 Å². The molecule has 2 aromatic carbocycles. The summed E-state index contributed by atoms with van der Waals surface area (Å²) in [6.45, 7) is 2.33. The van der Waals surface area contributed by atoms with Crippen LogP contribution in [0.1, 0.15) is 31.4 Å². The second-order valence-electron chi connectivity index (χ2n) is 7.28. The molecule has 1 heterocycles. The van der Waals surface area contributed by atoms with Crippen molar-refractivity contribution < 1.29 is 17.9 Å². The number of carbonyl (C=O) groups is 1. The SMILES string of the molecule is COc1ccc(Cl)cc1S(=O)(=O)N1CCC[C@@H](C(=O)N[C@@H](C)c2ccc(Cl)cc2)C1. The summed E-state index contributed by atoms with van der Waals surface area (Å²) >= 11 is 11.9. The molecule has 30 heavy (non-hydrogen) atoms. The molecule has 0 bridgehead atoms. The maximum absolute atomic E-state index is 13.2. The molecule has 1 aliphatic rings. The molecule has 1 N–H and O–H groups in total. The van der Waals surface area contributed by atoms with E-state index in [0.717, 1.165) is 5.56 Å². The number of rotatable bonds is 6. The molecule has 0 saturated carbocycles. The van der Waals surface area contributed by atoms with Crippen LogP contribution in [-0.2, 0) is 14.8 Å². The van der Waals surface area contributed by atoms with E-state index < -0.39 is 15.9 Å². The lowest BCUT2D eigenvalue weighted by atomic mass is 9.98. The van der Waals surface area contributed by atoms with E-state index in [1.54, 1.807) is 18.2 Å². The molecule has 1 fully saturated rings. The Hall–Kier alpha value is -1.80. The zero-order valence-electron chi connectivity index (χ0n) is 16.8. The molecule has 2 atom stereocenters. The summed E-state index contributed by atoms with van der Waals surface area (Å²) in [4.78, 5) is 12.8. The monoisotopic (exact) mass is 470 g/mol. The van der Waals surface area contributed by atoms with Gasteiger partial charge in [0.25, 0.3) is 0 Å². The number of hydrogen-bond acceptors (Lipinski definition) is 4. The summed E-state index contributed by atoms with van der Waals surface area (Å²) in [6.07, 6.45) is 1.22. The van der Waals surface area contributed by atoms with Gasteiger partial charge >= 0.3 is 0 Å². The van der Waals surface area contributed by atoms with Gasteiger partial charge in [0.2, 0.25) is 15.9 Å². The van der Waals surface area contributed by atoms with E-state index in [9.17, 15) is 13.2 Å². The van der Waals surface area contributed by atoms with Crippen molar-refractivity contribution in [3.05, 3.63) is 58.1 Å². The third-order valence-corrected chi connectivity index (χ3v) is 7.60. The van der Waals surface area contributed by atoms with Crippen LogP contribution in [-0.4, -0.2) is 38.8 Å². The fourth-order valence-corrected chi connectivity index (χ4v) is 5.60. The highest BCUT2D eigenvalue weighted by Crippen LogP contribution is 2.32. The molecule has 0 radical (unpaired) electrons. The minimum atomic E-state index is -3.85. The molecule has 0 aromatic heterocycles. The number of carbonyl (C=O) groups excluding carboxylic acids is 1. The summed E-state index contributed by atoms with van der Waals surface area (Å²) in [5, 5.41) is 3.91. The third-order valence-electron chi connectivity index (χ3n) is 5.23. The predicted molar refractivity (Wildman–Crippen MR) is 117 cm³/mol. The Balaban J connectivity index is 1.73. The zero-order chi connectivity index (χ0) is 21.9. The first-order valence-electron chi connectivity index (χ1n) is 9.62. The van der Waals surface area contributed by atoms with Gasteiger partial charge < -0.3 is 10.1 Å². The largest absolute Gasteiger partial charge is 0.495 e. The van der Waals surface area contributed by atoms with Crippen LogP contribution in [0.3, 0.4) is 0 Å². The maximum atomic E-state index is 13.2. The van der Waals surface area contributed by atoms with Gasteiger partial charge in [0, 0.05) is 23.1 Å². The van der Waals surface area contributed by atoms with Crippen molar-refractivity contribution in [2.75, 3.05) is 20.2 Å². The molecule has 1 saturated heterocycles. The summed E-state index contributed by atoms with van der Waals surface area (Å²) in [7, 11) is -2.44. The van der Waals surface area contributed by atoms with Crippen molar-refractivity contribution in [1.82, 2.24) is 9.62 Å². The number of methoxy groups -OCH3 is 1. The van der Waals surface area contributed by atoms with Crippen LogP contribution in [0.4, 0.5) is 0 Å². The smallest absolute Gasteiger partial charge is 0.246 e. The summed E-state index contributed by atoms with van der Waals surface area (Å²) in [6, 6.07) is 11.5. The van der Waals surface area contributed by atoms with Gasteiger partial charge in [0.05, 0.1) is 19.1 Å². The Kier molecular flexibility index (Phi) is 7.29. The quantitative estimate of drug-likeness (QED) is 0.683. The molecule has 6 nitrogen and oxygen atoms in total. The Morgan fingerprint density at radius 1 is 1.17 bits per heavy atom. The maximum Gasteiger partial charge on any atom is 0.246 e. The second kappa shape index (κ2) is 9.56. The average Bonchev–Trinajstić information content (AvgIpc) is 2.74. The first-order chi connectivity index (χ1) is 14.2. The van der Waals surface area contributed by atoms with Crippen LogP contribution in [0.2, 0.25) is 10.0 Å². The van der Waals surface area contributed by atoms with Gasteiger partial charge in [-0.1, -0.05) is 35.3 Å². The van der Waals surface area contributed by atoms with Crippen molar-refractivity contribution in [1.29, 1.82) is 0 Å². The van der Waals surface area contributed by atoms with E-state index in [-0.39, 0.29) is 29.1 Å². The predicted octanol–water partition coefficient (Wildman–Crippen LogP) is 4.28. The number of halogens is 2. The first kappa shape index (κ1) is 22.9. The van der Waals surface area contributed by atoms with Crippen molar-refractivity contribution >= 4 is 39.1 Å². The molecule has 9 heteroatoms. The molecule has 0 spiro atoms. The normalized spacial score (nSPS) is 18.6. The number of nitrogens with zero attached hydrogens (tertiary/aromatic N) is 1. The fraction of sp³-hybridized carbons (Fsp3) is 0.381. The lowest BCUT2D eigenvalue weighted by Crippen LogP contribution is -2.45. The van der Waals surface area contributed by atoms with Crippen LogP contribution >= 0.6 is 23.2 Å². The molecule has 162 valence electrons. The molecule has 2 aromatic rings. The van der Waals surface area contributed by atoms with Gasteiger partial charge in [0.1, 0.15) is 10.6 Å². The summed E-state index contributed by atoms with van der Waals surface area (Å²) in [5.74, 6) is -0.383. The summed E-state index contributed by atoms with van der Waals surface area (Å²) in [5.41, 5.74) is 0.928. The standard InChI is InChI=1S/C21H24Cl2N2O4S/c1-14(15-5-7-17(22)8-6-15)24-21(26)16-4-3-11-25(13-16)30(27,28)20-12-18(23)9-10-19(20)29-2/h5-10,12,14,16H,3-4,11,13H2,1-2H3,(H,24,26)/t14-,16+/m0/s1. The lowest BCUT2D eigenvalue weighted by Gasteiger charge is -2.32. The number of benzene rings is 2. The van der Waals surface area contributed by atoms with E-state index in [1.807, 2.05) is 19.1 Å². The van der Waals surface area contributed by atoms with Crippen molar-refractivity contribution in [2.45, 2.75) is 30.7 Å². The van der Waals surface area contributed by atoms with Gasteiger partial charge in [0.15, 0.2) is 0 Å². The van der Waals surface area contributed by atoms with Gasteiger partial charge in [-0.25, -0.2) is 8.42 Å². The van der Waals surface area contributed by atoms with Gasteiger partial charge in [-0.2, -0.15) is 4.31 Å². The Bertz CT molecular complexity index is 1010. The zero-order valence-corrected chi connectivity index (χ0v) is 19.1. The number of nitrogens with one attached hydrogen (secondary N) is 1. The number of hydrogen-bond donors (Lipinski definition) is 1. The molecular formula is C21H24Cl2N2O4S. The van der Waals surface area contributed by atoms with Crippen molar-refractivity contribution in [2.24, 2.45) is 5.92 Å². The van der Waals surface area contributed by atoms with Crippen molar-refractivity contribution in [3.8, 4) is 5.75 Å². The average molecular weight is 471 g/mol. The fourth-order valence-electron chi connectivity index (χ4n) is 3.53. The Morgan fingerprint density at radius 2 is 1.83 bits per heavy atom. The third kappa shape index (κ3) is 5.09. The van der Waals surface area contributed by atoms with Gasteiger partial charge in [-0.15, -0.1) is 0 Å². The van der Waals surface area contributed by atoms with E-state index in [1.165, 1.54) is 23.5 Å². The Morgan fingerprint density at radius 3 is 2.50 bits per heavy atom. The van der Waals surface area contributed by atoms with Gasteiger partial charge in [-0.3, -0.25) is 4.79 Å². The summed E-state index contributed by atoms with van der Waals surface area (Å²) < 4.78 is 33.0. The number of amides is 1. The Labute approximate surface area is 187 Å². The number of ether oxygens (including phenoxy) is 1. The van der Waals surface area contributed by atoms with E-state index >= 15 is 0 Å². The molecule has 1 amide bonds. The minimum Gasteiger partial charge on any atom is -0.495 e. The lowest BCUT2D eigenvalue weighted by molar-refractivity contribution is -0.126. The first-order valence-corrected chi connectivity index (χ1v) is 11.8. The minimum absolute atomic E-state index is 0.00749. The molecular weight excluding hydrogens is 447 g/mol.